The molecule has 11 nitrogen and oxygen atoms in total. The fraction of sp³-hybridized carbons (Fsp3) is 0.516. The van der Waals surface area contributed by atoms with E-state index in [-0.39, 0.29) is 24.5 Å². The maximum atomic E-state index is 13.2. The number of nitrogens with zero attached hydrogens (tertiary/aromatic N) is 4. The van der Waals surface area contributed by atoms with E-state index >= 15 is 0 Å². The molecule has 4 heterocycles. The number of nitriles is 1. The Bertz CT molecular complexity index is 1630. The van der Waals surface area contributed by atoms with E-state index in [2.05, 4.69) is 23.3 Å². The average molecular weight is 607 g/mol. The highest BCUT2D eigenvalue weighted by molar-refractivity contribution is 7.99. The van der Waals surface area contributed by atoms with Gasteiger partial charge in [0.2, 0.25) is 0 Å². The van der Waals surface area contributed by atoms with E-state index in [0.717, 1.165) is 24.4 Å². The molecule has 12 heteroatoms. The van der Waals surface area contributed by atoms with E-state index in [1.807, 2.05) is 35.7 Å². The van der Waals surface area contributed by atoms with Gasteiger partial charge in [0.05, 0.1) is 30.2 Å². The van der Waals surface area contributed by atoms with Crippen LogP contribution < -0.4 is 10.9 Å². The number of ether oxygens (including phenoxy) is 2. The Labute approximate surface area is 254 Å². The molecule has 2 saturated heterocycles. The topological polar surface area (TPSA) is 142 Å². The van der Waals surface area contributed by atoms with E-state index < -0.39 is 23.2 Å². The van der Waals surface area contributed by atoms with Crippen molar-refractivity contribution in [3.8, 4) is 6.07 Å². The minimum atomic E-state index is -0.894. The highest BCUT2D eigenvalue weighted by Gasteiger charge is 2.43. The van der Waals surface area contributed by atoms with E-state index in [1.165, 1.54) is 0 Å². The van der Waals surface area contributed by atoms with Gasteiger partial charge >= 0.3 is 5.97 Å². The summed E-state index contributed by atoms with van der Waals surface area (Å²) in [5.41, 5.74) is 0.804. The molecule has 3 atom stereocenters. The second-order valence-corrected chi connectivity index (χ2v) is 13.9. The zero-order valence-corrected chi connectivity index (χ0v) is 26.0. The maximum Gasteiger partial charge on any atom is 0.335 e. The summed E-state index contributed by atoms with van der Waals surface area (Å²) in [6, 6.07) is 9.49. The van der Waals surface area contributed by atoms with E-state index in [0.29, 0.717) is 46.1 Å². The maximum absolute atomic E-state index is 13.2. The van der Waals surface area contributed by atoms with Crippen LogP contribution in [0.2, 0.25) is 0 Å². The zero-order chi connectivity index (χ0) is 30.9. The molecule has 1 amide bonds. The normalized spacial score (nSPS) is 22.7. The number of rotatable bonds is 6. The molecule has 0 radical (unpaired) electrons. The number of hydrogen-bond acceptors (Lipinski definition) is 9. The number of anilines is 2. The third-order valence-corrected chi connectivity index (χ3v) is 8.94. The molecule has 0 spiro atoms. The third kappa shape index (κ3) is 6.43. The van der Waals surface area contributed by atoms with Crippen molar-refractivity contribution in [1.29, 1.82) is 5.26 Å². The molecule has 3 aromatic rings. The molecule has 0 bridgehead atoms. The molecule has 0 unspecified atom stereocenters. The summed E-state index contributed by atoms with van der Waals surface area (Å²) in [6.07, 6.45) is 1.64. The van der Waals surface area contributed by atoms with Crippen LogP contribution in [0.25, 0.3) is 10.9 Å². The second kappa shape index (κ2) is 12.1. The van der Waals surface area contributed by atoms with Crippen molar-refractivity contribution in [1.82, 2.24) is 19.7 Å². The fourth-order valence-electron chi connectivity index (χ4n) is 5.71. The molecule has 43 heavy (non-hydrogen) atoms. The Morgan fingerprint density at radius 3 is 2.77 bits per heavy atom. The first-order valence-corrected chi connectivity index (χ1v) is 15.6. The van der Waals surface area contributed by atoms with Gasteiger partial charge in [-0.3, -0.25) is 14.3 Å². The molecular weight excluding hydrogens is 568 g/mol. The lowest BCUT2D eigenvalue weighted by Gasteiger charge is -2.39. The van der Waals surface area contributed by atoms with Crippen molar-refractivity contribution in [3.05, 3.63) is 51.9 Å². The van der Waals surface area contributed by atoms with Crippen LogP contribution in [0.4, 0.5) is 11.5 Å². The van der Waals surface area contributed by atoms with Crippen LogP contribution in [0.3, 0.4) is 0 Å². The summed E-state index contributed by atoms with van der Waals surface area (Å²) in [4.78, 5) is 43.6. The van der Waals surface area contributed by atoms with Crippen LogP contribution in [-0.2, 0) is 19.8 Å². The number of aryl methyl sites for hydroxylation is 1. The van der Waals surface area contributed by atoms with Crippen molar-refractivity contribution in [2.24, 2.45) is 0 Å². The standard InChI is InChI=1S/C31H38N6O5S/c1-19-16-21(6-7-22(19)28(39)36-14-15-43-20(2)17-36)34-26-25-23(9-13-33-27(25)38)37(35-26)31(11-12-32)10-8-24(41-18-31)29(40)42-30(3,4)5/h6-7,9,13,16,20,24H,8,10-11,14-15,17-18H2,1-5H3,(H,33,38)(H,34,35)/t20-,24-,31-/m0/s1. The third-order valence-electron chi connectivity index (χ3n) is 7.80. The number of fused-ring (bicyclic) bond motifs is 1. The smallest absolute Gasteiger partial charge is 0.335 e. The quantitative estimate of drug-likeness (QED) is 0.388. The molecule has 0 aliphatic carbocycles. The Morgan fingerprint density at radius 2 is 2.12 bits per heavy atom. The molecule has 2 aliphatic rings. The van der Waals surface area contributed by atoms with Crippen LogP contribution >= 0.6 is 11.8 Å². The van der Waals surface area contributed by atoms with Gasteiger partial charge in [0.1, 0.15) is 11.0 Å². The fourth-order valence-corrected chi connectivity index (χ4v) is 6.72. The molecular formula is C31H38N6O5S. The SMILES string of the molecule is Cc1cc(Nc2nn([C@]3(CC#N)CC[C@@H](C(=O)OC(C)(C)C)OC3)c3cc[nH]c(=O)c23)ccc1C(=O)N1CCS[C@@H](C)C1. The number of benzene rings is 1. The molecule has 228 valence electrons. The molecule has 0 saturated carbocycles. The van der Waals surface area contributed by atoms with Gasteiger partial charge in [-0.05, 0) is 70.4 Å². The monoisotopic (exact) mass is 606 g/mol. The second-order valence-electron chi connectivity index (χ2n) is 12.3. The lowest BCUT2D eigenvalue weighted by atomic mass is 9.87. The van der Waals surface area contributed by atoms with Crippen molar-refractivity contribution >= 4 is 46.0 Å². The summed E-state index contributed by atoms with van der Waals surface area (Å²) in [5, 5.41) is 18.6. The van der Waals surface area contributed by atoms with E-state index in [9.17, 15) is 19.6 Å². The van der Waals surface area contributed by atoms with Crippen LogP contribution in [0.15, 0.2) is 35.3 Å². The van der Waals surface area contributed by atoms with Crippen molar-refractivity contribution in [2.45, 2.75) is 76.4 Å². The number of carbonyl (C=O) groups is 2. The minimum absolute atomic E-state index is 0.0165. The number of aromatic amines is 1. The number of nitrogens with one attached hydrogen (secondary N) is 2. The van der Waals surface area contributed by atoms with Crippen LogP contribution in [0.5, 0.6) is 0 Å². The Morgan fingerprint density at radius 1 is 1.33 bits per heavy atom. The van der Waals surface area contributed by atoms with Gasteiger partial charge in [-0.2, -0.15) is 22.1 Å². The molecule has 5 rings (SSSR count). The summed E-state index contributed by atoms with van der Waals surface area (Å²) < 4.78 is 13.2. The van der Waals surface area contributed by atoms with E-state index in [4.69, 9.17) is 14.6 Å². The van der Waals surface area contributed by atoms with Gasteiger partial charge in [-0.15, -0.1) is 0 Å². The number of H-pyrrole nitrogens is 1. The van der Waals surface area contributed by atoms with Crippen molar-refractivity contribution < 1.29 is 19.1 Å². The van der Waals surface area contributed by atoms with Crippen LogP contribution in [0.1, 0.15) is 62.9 Å². The number of amides is 1. The van der Waals surface area contributed by atoms with E-state index in [1.54, 1.807) is 43.8 Å². The molecule has 2 fully saturated rings. The molecule has 2 aromatic heterocycles. The summed E-state index contributed by atoms with van der Waals surface area (Å²) in [7, 11) is 0. The van der Waals surface area contributed by atoms with Crippen LogP contribution in [0, 0.1) is 18.3 Å². The average Bonchev–Trinajstić information content (AvgIpc) is 3.32. The Hall–Kier alpha value is -3.82. The largest absolute Gasteiger partial charge is 0.458 e. The van der Waals surface area contributed by atoms with Gasteiger partial charge in [0, 0.05) is 41.5 Å². The Balaban J connectivity index is 1.43. The molecule has 2 aliphatic heterocycles. The first-order valence-electron chi connectivity index (χ1n) is 14.5. The van der Waals surface area contributed by atoms with Gasteiger partial charge in [-0.1, -0.05) is 6.92 Å². The summed E-state index contributed by atoms with van der Waals surface area (Å²) >= 11 is 1.88. The predicted molar refractivity (Wildman–Crippen MR) is 166 cm³/mol. The van der Waals surface area contributed by atoms with Gasteiger partial charge in [0.15, 0.2) is 11.9 Å². The lowest BCUT2D eigenvalue weighted by molar-refractivity contribution is -0.176. The molecule has 2 N–H and O–H groups in total. The van der Waals surface area contributed by atoms with Crippen molar-refractivity contribution in [3.63, 3.8) is 0 Å². The predicted octanol–water partition coefficient (Wildman–Crippen LogP) is 4.48. The highest BCUT2D eigenvalue weighted by Crippen LogP contribution is 2.37. The number of pyridine rings is 1. The summed E-state index contributed by atoms with van der Waals surface area (Å²) in [5.74, 6) is 0.829. The number of thioether (sulfide) groups is 1. The Kier molecular flexibility index (Phi) is 8.58. The zero-order valence-electron chi connectivity index (χ0n) is 25.2. The van der Waals surface area contributed by atoms with Crippen molar-refractivity contribution in [2.75, 3.05) is 30.8 Å². The first kappa shape index (κ1) is 30.6. The minimum Gasteiger partial charge on any atom is -0.458 e. The number of esters is 1. The lowest BCUT2D eigenvalue weighted by Crippen LogP contribution is -2.47. The first-order chi connectivity index (χ1) is 20.4. The summed E-state index contributed by atoms with van der Waals surface area (Å²) in [6.45, 7) is 10.9. The molecule has 1 aromatic carbocycles. The van der Waals surface area contributed by atoms with Gasteiger partial charge in [-0.25, -0.2) is 4.79 Å². The van der Waals surface area contributed by atoms with Gasteiger partial charge in [0.25, 0.3) is 11.5 Å². The van der Waals surface area contributed by atoms with Gasteiger partial charge < -0.3 is 24.7 Å². The highest BCUT2D eigenvalue weighted by atomic mass is 32.2. The number of aromatic nitrogens is 3. The number of hydrogen-bond donors (Lipinski definition) is 2. The number of carbonyl (C=O) groups excluding carboxylic acids is 2. The van der Waals surface area contributed by atoms with Crippen LogP contribution in [-0.4, -0.2) is 73.9 Å².